The van der Waals surface area contributed by atoms with Gasteiger partial charge >= 0.3 is 6.18 Å². The van der Waals surface area contributed by atoms with E-state index in [1.54, 1.807) is 18.3 Å². The highest BCUT2D eigenvalue weighted by Crippen LogP contribution is 2.23. The van der Waals surface area contributed by atoms with E-state index < -0.39 is 18.8 Å². The van der Waals surface area contributed by atoms with Crippen LogP contribution in [-0.4, -0.2) is 41.0 Å². The van der Waals surface area contributed by atoms with Crippen molar-refractivity contribution in [2.24, 2.45) is 5.92 Å². The fourth-order valence-corrected chi connectivity index (χ4v) is 1.54. The number of aliphatic hydroxyl groups is 1. The molecular weight excluding hydrogens is 235 g/mol. The topological polar surface area (TPSA) is 38.7 Å². The predicted octanol–water partition coefficient (Wildman–Crippen LogP) is 1.46. The van der Waals surface area contributed by atoms with E-state index in [-0.39, 0.29) is 0 Å². The van der Waals surface area contributed by atoms with Crippen LogP contribution < -0.4 is 5.53 Å². The molecule has 1 rings (SSSR count). The van der Waals surface area contributed by atoms with Crippen molar-refractivity contribution in [2.45, 2.75) is 32.5 Å². The highest BCUT2D eigenvalue weighted by atomic mass is 19.4. The molecule has 0 aromatic carbocycles. The Morgan fingerprint density at radius 1 is 1.41 bits per heavy atom. The molecule has 1 aliphatic heterocycles. The Kier molecular flexibility index (Phi) is 4.26. The van der Waals surface area contributed by atoms with Crippen molar-refractivity contribution in [2.75, 3.05) is 13.6 Å². The normalized spacial score (nSPS) is 18.9. The van der Waals surface area contributed by atoms with Crippen molar-refractivity contribution in [3.63, 3.8) is 0 Å². The van der Waals surface area contributed by atoms with Gasteiger partial charge in [-0.15, -0.1) is 5.53 Å². The van der Waals surface area contributed by atoms with Gasteiger partial charge in [0, 0.05) is 18.9 Å². The zero-order valence-electron chi connectivity index (χ0n) is 10.1. The van der Waals surface area contributed by atoms with Crippen molar-refractivity contribution < 1.29 is 18.3 Å². The zero-order valence-corrected chi connectivity index (χ0v) is 10.1. The third kappa shape index (κ3) is 4.08. The van der Waals surface area contributed by atoms with Gasteiger partial charge in [0.2, 0.25) is 0 Å². The summed E-state index contributed by atoms with van der Waals surface area (Å²) in [6, 6.07) is 0. The Morgan fingerprint density at radius 2 is 2.00 bits per heavy atom. The molecule has 0 aromatic heterocycles. The quantitative estimate of drug-likeness (QED) is 0.795. The molecule has 1 heterocycles. The average molecular weight is 253 g/mol. The van der Waals surface area contributed by atoms with Gasteiger partial charge in [-0.3, -0.25) is 10.0 Å². The summed E-state index contributed by atoms with van der Waals surface area (Å²) in [5.74, 6) is 0.415. The number of halogens is 3. The van der Waals surface area contributed by atoms with Crippen LogP contribution >= 0.6 is 0 Å². The van der Waals surface area contributed by atoms with Crippen LogP contribution in [0.2, 0.25) is 0 Å². The zero-order chi connectivity index (χ0) is 13.2. The van der Waals surface area contributed by atoms with Crippen LogP contribution in [0.25, 0.3) is 0 Å². The number of nitrogens with zero attached hydrogens (tertiary/aromatic N) is 2. The van der Waals surface area contributed by atoms with E-state index >= 15 is 0 Å². The van der Waals surface area contributed by atoms with Crippen molar-refractivity contribution >= 4 is 0 Å². The molecule has 0 saturated carbocycles. The van der Waals surface area contributed by atoms with E-state index in [0.29, 0.717) is 5.92 Å². The monoisotopic (exact) mass is 253 g/mol. The molecule has 0 aliphatic carbocycles. The Morgan fingerprint density at radius 3 is 2.47 bits per heavy atom. The molecule has 0 fully saturated rings. The highest BCUT2D eigenvalue weighted by Gasteiger charge is 2.39. The maximum atomic E-state index is 12.2. The molecule has 100 valence electrons. The lowest BCUT2D eigenvalue weighted by Crippen LogP contribution is -2.45. The number of allylic oxidation sites excluding steroid dienone is 1. The van der Waals surface area contributed by atoms with E-state index in [1.165, 1.54) is 5.01 Å². The molecule has 1 unspecified atom stereocenters. The summed E-state index contributed by atoms with van der Waals surface area (Å²) >= 11 is 0. The van der Waals surface area contributed by atoms with Crippen molar-refractivity contribution in [1.29, 1.82) is 0 Å². The van der Waals surface area contributed by atoms with Crippen LogP contribution in [0.3, 0.4) is 0 Å². The molecule has 4 nitrogen and oxygen atoms in total. The summed E-state index contributed by atoms with van der Waals surface area (Å²) < 4.78 is 36.5. The number of hydrogen-bond donors (Lipinski definition) is 2. The molecule has 17 heavy (non-hydrogen) atoms. The summed E-state index contributed by atoms with van der Waals surface area (Å²) in [6.07, 6.45) is -4.58. The van der Waals surface area contributed by atoms with Crippen molar-refractivity contribution in [3.05, 3.63) is 11.9 Å². The second-order valence-corrected chi connectivity index (χ2v) is 4.59. The van der Waals surface area contributed by atoms with Gasteiger partial charge in [0.05, 0.1) is 6.54 Å². The largest absolute Gasteiger partial charge is 0.416 e. The van der Waals surface area contributed by atoms with Gasteiger partial charge in [-0.05, 0) is 12.3 Å². The van der Waals surface area contributed by atoms with Crippen molar-refractivity contribution in [1.82, 2.24) is 15.6 Å². The van der Waals surface area contributed by atoms with Gasteiger partial charge < -0.3 is 5.11 Å². The number of alkyl halides is 3. The lowest BCUT2D eigenvalue weighted by atomic mass is 10.1. The Labute approximate surface area is 98.6 Å². The molecule has 2 N–H and O–H groups in total. The molecular formula is C10H18F3N3O. The first-order valence-electron chi connectivity index (χ1n) is 5.42. The smallest absolute Gasteiger partial charge is 0.382 e. The number of hydrazine groups is 2. The van der Waals surface area contributed by atoms with E-state index in [1.807, 2.05) is 13.8 Å². The number of β-amino-alcohol motifs (C(OH)–C–C–N with tert-alkyl or cyclic N) is 1. The van der Waals surface area contributed by atoms with Crippen LogP contribution in [-0.2, 0) is 0 Å². The predicted molar refractivity (Wildman–Crippen MR) is 57.2 cm³/mol. The maximum Gasteiger partial charge on any atom is 0.416 e. The third-order valence-electron chi connectivity index (χ3n) is 2.38. The Balaban J connectivity index is 2.55. The summed E-state index contributed by atoms with van der Waals surface area (Å²) in [5, 5.41) is 11.8. The Bertz CT molecular complexity index is 291. The first-order chi connectivity index (χ1) is 7.70. The molecule has 1 atom stereocenters. The lowest BCUT2D eigenvalue weighted by molar-refractivity contribution is -0.208. The number of hydrogen-bond acceptors (Lipinski definition) is 4. The number of nitrogens with one attached hydrogen (secondary N) is 1. The second-order valence-electron chi connectivity index (χ2n) is 4.59. The van der Waals surface area contributed by atoms with E-state index in [0.717, 1.165) is 12.1 Å². The molecule has 0 bridgehead atoms. The van der Waals surface area contributed by atoms with E-state index in [4.69, 9.17) is 5.11 Å². The van der Waals surface area contributed by atoms with Gasteiger partial charge in [0.1, 0.15) is 0 Å². The highest BCUT2D eigenvalue weighted by molar-refractivity contribution is 5.03. The molecule has 0 radical (unpaired) electrons. The Hall–Kier alpha value is -0.950. The number of aliphatic hydroxyl groups excluding tert-OH is 1. The van der Waals surface area contributed by atoms with Crippen molar-refractivity contribution in [3.8, 4) is 0 Å². The fourth-order valence-electron chi connectivity index (χ4n) is 1.54. The molecule has 0 spiro atoms. The van der Waals surface area contributed by atoms with Gasteiger partial charge in [-0.1, -0.05) is 13.8 Å². The standard InChI is InChI=1S/C10H18F3N3O/c1-7(2)4-8-5-16(14-15(8)3)6-9(17)10(11,12)13/h5,7,9,14,17H,4,6H2,1-3H3. The van der Waals surface area contributed by atoms with E-state index in [2.05, 4.69) is 5.53 Å². The van der Waals surface area contributed by atoms with Gasteiger partial charge in [-0.25, -0.2) is 0 Å². The minimum atomic E-state index is -4.59. The molecule has 0 amide bonds. The summed E-state index contributed by atoms with van der Waals surface area (Å²) in [4.78, 5) is 0. The molecule has 0 aromatic rings. The summed E-state index contributed by atoms with van der Waals surface area (Å²) in [7, 11) is 1.73. The van der Waals surface area contributed by atoms with Gasteiger partial charge in [-0.2, -0.15) is 13.2 Å². The first kappa shape index (κ1) is 14.1. The minimum absolute atomic E-state index is 0.415. The van der Waals surface area contributed by atoms with Crippen LogP contribution in [0.4, 0.5) is 13.2 Å². The first-order valence-corrected chi connectivity index (χ1v) is 5.42. The van der Waals surface area contributed by atoms with Crippen LogP contribution in [0, 0.1) is 5.92 Å². The summed E-state index contributed by atoms with van der Waals surface area (Å²) in [6.45, 7) is 3.54. The van der Waals surface area contributed by atoms with Crippen LogP contribution in [0.15, 0.2) is 11.9 Å². The van der Waals surface area contributed by atoms with Gasteiger partial charge in [0.25, 0.3) is 0 Å². The van der Waals surface area contributed by atoms with E-state index in [9.17, 15) is 13.2 Å². The lowest BCUT2D eigenvalue weighted by Gasteiger charge is -2.24. The summed E-state index contributed by atoms with van der Waals surface area (Å²) in [5.41, 5.74) is 3.62. The van der Waals surface area contributed by atoms with Gasteiger partial charge in [0.15, 0.2) is 6.10 Å². The minimum Gasteiger partial charge on any atom is -0.382 e. The molecule has 7 heteroatoms. The van der Waals surface area contributed by atoms with Crippen LogP contribution in [0.5, 0.6) is 0 Å². The SMILES string of the molecule is CC(C)CC1=CN(CC(O)C(F)(F)F)NN1C. The maximum absolute atomic E-state index is 12.2. The molecule has 1 aliphatic rings. The number of rotatable bonds is 4. The third-order valence-corrected chi connectivity index (χ3v) is 2.38. The second kappa shape index (κ2) is 5.14. The average Bonchev–Trinajstić information content (AvgIpc) is 2.44. The van der Waals surface area contributed by atoms with Crippen LogP contribution in [0.1, 0.15) is 20.3 Å². The molecule has 0 saturated heterocycles. The fraction of sp³-hybridized carbons (Fsp3) is 0.800.